The summed E-state index contributed by atoms with van der Waals surface area (Å²) < 4.78 is 0. The lowest BCUT2D eigenvalue weighted by atomic mass is 10.0. The van der Waals surface area contributed by atoms with Crippen molar-refractivity contribution < 1.29 is 9.59 Å². The molecule has 2 amide bonds. The normalized spacial score (nSPS) is 13.3. The number of carbonyl (C=O) groups is 2. The van der Waals surface area contributed by atoms with Gasteiger partial charge in [-0.25, -0.2) is 0 Å². The molecule has 5 nitrogen and oxygen atoms in total. The third-order valence-electron chi connectivity index (χ3n) is 5.29. The van der Waals surface area contributed by atoms with Gasteiger partial charge in [-0.2, -0.15) is 0 Å². The van der Waals surface area contributed by atoms with Gasteiger partial charge in [0.25, 0.3) is 5.91 Å². The van der Waals surface area contributed by atoms with E-state index in [1.165, 1.54) is 10.4 Å². The average molecular weight is 400 g/mol. The van der Waals surface area contributed by atoms with Crippen molar-refractivity contribution in [1.29, 1.82) is 0 Å². The average Bonchev–Trinajstić information content (AvgIpc) is 3.17. The Kier molecular flexibility index (Phi) is 7.23. The number of rotatable bonds is 8. The number of unbranched alkanes of at least 4 members (excludes halogenated alkanes) is 3. The number of hydrogen-bond acceptors (Lipinski definition) is 4. The first kappa shape index (κ1) is 20.6. The van der Waals surface area contributed by atoms with Gasteiger partial charge in [-0.3, -0.25) is 9.59 Å². The Bertz CT molecular complexity index is 831. The molecule has 0 spiro atoms. The van der Waals surface area contributed by atoms with Crippen LogP contribution in [-0.2, 0) is 17.8 Å². The van der Waals surface area contributed by atoms with E-state index >= 15 is 0 Å². The van der Waals surface area contributed by atoms with E-state index in [0.717, 1.165) is 49.9 Å². The minimum atomic E-state index is 0.00124. The van der Waals surface area contributed by atoms with Crippen LogP contribution in [0.5, 0.6) is 0 Å². The highest BCUT2D eigenvalue weighted by Gasteiger charge is 2.24. The van der Waals surface area contributed by atoms with Gasteiger partial charge in [0, 0.05) is 35.6 Å². The van der Waals surface area contributed by atoms with Crippen molar-refractivity contribution >= 4 is 28.8 Å². The molecule has 1 aliphatic rings. The van der Waals surface area contributed by atoms with Crippen LogP contribution in [-0.4, -0.2) is 29.8 Å². The van der Waals surface area contributed by atoms with Crippen LogP contribution in [0.25, 0.3) is 0 Å². The fraction of sp³-hybridized carbons (Fsp3) is 0.455. The first-order chi connectivity index (χ1) is 13.6. The molecule has 6 heteroatoms. The fourth-order valence-electron chi connectivity index (χ4n) is 3.59. The van der Waals surface area contributed by atoms with Gasteiger partial charge in [0.15, 0.2) is 0 Å². The fourth-order valence-corrected chi connectivity index (χ4v) is 4.48. The van der Waals surface area contributed by atoms with Crippen molar-refractivity contribution in [2.24, 2.45) is 5.73 Å². The monoisotopic (exact) mass is 399 g/mol. The molecule has 1 aliphatic heterocycles. The summed E-state index contributed by atoms with van der Waals surface area (Å²) in [5.41, 5.74) is 8.97. The van der Waals surface area contributed by atoms with Crippen molar-refractivity contribution in [3.05, 3.63) is 51.2 Å². The number of nitrogens with one attached hydrogen (secondary N) is 1. The topological polar surface area (TPSA) is 75.4 Å². The van der Waals surface area contributed by atoms with E-state index in [1.54, 1.807) is 11.3 Å². The van der Waals surface area contributed by atoms with Gasteiger partial charge < -0.3 is 16.0 Å². The molecule has 0 fully saturated rings. The molecule has 1 aromatic heterocycles. The summed E-state index contributed by atoms with van der Waals surface area (Å²) in [6.07, 6.45) is 5.36. The zero-order chi connectivity index (χ0) is 19.9. The molecule has 2 aromatic rings. The highest BCUT2D eigenvalue weighted by atomic mass is 32.1. The number of fused-ring (bicyclic) bond motifs is 1. The minimum absolute atomic E-state index is 0.00124. The lowest BCUT2D eigenvalue weighted by Crippen LogP contribution is -2.35. The molecular formula is C22H29N3O2S. The van der Waals surface area contributed by atoms with Crippen molar-refractivity contribution in [2.75, 3.05) is 18.4 Å². The summed E-state index contributed by atoms with van der Waals surface area (Å²) in [7, 11) is 0. The van der Waals surface area contributed by atoms with Crippen LogP contribution in [0.3, 0.4) is 0 Å². The second-order valence-electron chi connectivity index (χ2n) is 7.32. The van der Waals surface area contributed by atoms with Crippen molar-refractivity contribution in [2.45, 2.75) is 52.0 Å². The van der Waals surface area contributed by atoms with E-state index in [1.807, 2.05) is 30.0 Å². The zero-order valence-electron chi connectivity index (χ0n) is 16.5. The van der Waals surface area contributed by atoms with Crippen molar-refractivity contribution in [3.8, 4) is 0 Å². The Morgan fingerprint density at radius 3 is 2.82 bits per heavy atom. The molecule has 28 heavy (non-hydrogen) atoms. The van der Waals surface area contributed by atoms with Crippen LogP contribution in [0.2, 0.25) is 0 Å². The van der Waals surface area contributed by atoms with Crippen LogP contribution in [0.15, 0.2) is 29.6 Å². The zero-order valence-corrected chi connectivity index (χ0v) is 17.3. The van der Waals surface area contributed by atoms with Crippen LogP contribution in [0.4, 0.5) is 5.69 Å². The van der Waals surface area contributed by atoms with Crippen LogP contribution in [0.1, 0.15) is 58.5 Å². The van der Waals surface area contributed by atoms with Gasteiger partial charge >= 0.3 is 0 Å². The van der Waals surface area contributed by atoms with Gasteiger partial charge in [-0.1, -0.05) is 18.9 Å². The van der Waals surface area contributed by atoms with E-state index in [9.17, 15) is 9.59 Å². The molecule has 0 atom stereocenters. The number of amides is 2. The van der Waals surface area contributed by atoms with E-state index in [-0.39, 0.29) is 11.8 Å². The second kappa shape index (κ2) is 9.85. The minimum Gasteiger partial charge on any atom is -0.334 e. The van der Waals surface area contributed by atoms with Crippen molar-refractivity contribution in [3.63, 3.8) is 0 Å². The van der Waals surface area contributed by atoms with E-state index in [0.29, 0.717) is 25.1 Å². The van der Waals surface area contributed by atoms with E-state index in [4.69, 9.17) is 5.73 Å². The first-order valence-corrected chi connectivity index (χ1v) is 10.9. The third-order valence-corrected chi connectivity index (χ3v) is 6.31. The Balaban J connectivity index is 1.61. The maximum absolute atomic E-state index is 13.1. The van der Waals surface area contributed by atoms with Crippen molar-refractivity contribution in [1.82, 2.24) is 4.90 Å². The molecule has 0 unspecified atom stereocenters. The standard InChI is InChI=1S/C22H29N3O2S/c1-16-18(22(27)25-13-10-20-17(15-25)11-14-28-20)7-6-8-19(16)24-21(26)9-4-2-3-5-12-23/h6-8,11,14H,2-5,9-10,12-13,15,23H2,1H3,(H,24,26). The molecule has 150 valence electrons. The molecule has 0 saturated heterocycles. The summed E-state index contributed by atoms with van der Waals surface area (Å²) in [5.74, 6) is 0.0357. The Labute approximate surface area is 170 Å². The Hall–Kier alpha value is -2.18. The number of anilines is 1. The number of nitrogens with zero attached hydrogens (tertiary/aromatic N) is 1. The smallest absolute Gasteiger partial charge is 0.254 e. The number of carbonyl (C=O) groups excluding carboxylic acids is 2. The molecule has 2 heterocycles. The number of benzene rings is 1. The van der Waals surface area contributed by atoms with Gasteiger partial charge in [0.05, 0.1) is 0 Å². The van der Waals surface area contributed by atoms with Crippen LogP contribution < -0.4 is 11.1 Å². The second-order valence-corrected chi connectivity index (χ2v) is 8.33. The predicted octanol–water partition coefficient (Wildman–Crippen LogP) is 4.10. The molecule has 0 saturated carbocycles. The summed E-state index contributed by atoms with van der Waals surface area (Å²) in [4.78, 5) is 28.6. The largest absolute Gasteiger partial charge is 0.334 e. The van der Waals surface area contributed by atoms with E-state index in [2.05, 4.69) is 16.8 Å². The van der Waals surface area contributed by atoms with Gasteiger partial charge in [0.1, 0.15) is 0 Å². The highest BCUT2D eigenvalue weighted by Crippen LogP contribution is 2.27. The Morgan fingerprint density at radius 2 is 2.00 bits per heavy atom. The summed E-state index contributed by atoms with van der Waals surface area (Å²) in [5, 5.41) is 5.07. The number of hydrogen-bond donors (Lipinski definition) is 2. The van der Waals surface area contributed by atoms with Gasteiger partial charge in [-0.05, 0) is 67.4 Å². The third kappa shape index (κ3) is 5.00. The molecule has 0 bridgehead atoms. The quantitative estimate of drug-likeness (QED) is 0.656. The van der Waals surface area contributed by atoms with Gasteiger partial charge in [0.2, 0.25) is 5.91 Å². The highest BCUT2D eigenvalue weighted by molar-refractivity contribution is 7.10. The predicted molar refractivity (Wildman–Crippen MR) is 115 cm³/mol. The maximum atomic E-state index is 13.1. The SMILES string of the molecule is Cc1c(NC(=O)CCCCCCN)cccc1C(=O)N1CCc2sccc2C1. The van der Waals surface area contributed by atoms with Gasteiger partial charge in [-0.15, -0.1) is 11.3 Å². The van der Waals surface area contributed by atoms with Crippen LogP contribution in [0, 0.1) is 6.92 Å². The first-order valence-electron chi connectivity index (χ1n) is 10.0. The molecule has 3 N–H and O–H groups in total. The van der Waals surface area contributed by atoms with E-state index < -0.39 is 0 Å². The molecule has 0 aliphatic carbocycles. The summed E-state index contributed by atoms with van der Waals surface area (Å²) in [6, 6.07) is 7.67. The lowest BCUT2D eigenvalue weighted by molar-refractivity contribution is -0.116. The Morgan fingerprint density at radius 1 is 1.18 bits per heavy atom. The number of thiophene rings is 1. The lowest BCUT2D eigenvalue weighted by Gasteiger charge is -2.28. The molecule has 3 rings (SSSR count). The molecular weight excluding hydrogens is 370 g/mol. The van der Waals surface area contributed by atoms with Crippen LogP contribution >= 0.6 is 11.3 Å². The number of nitrogens with two attached hydrogens (primary N) is 1. The summed E-state index contributed by atoms with van der Waals surface area (Å²) in [6.45, 7) is 4.02. The summed E-state index contributed by atoms with van der Waals surface area (Å²) >= 11 is 1.77. The molecule has 0 radical (unpaired) electrons. The maximum Gasteiger partial charge on any atom is 0.254 e. The molecule has 1 aromatic carbocycles.